The van der Waals surface area contributed by atoms with E-state index in [-0.39, 0.29) is 5.91 Å². The smallest absolute Gasteiger partial charge is 0.274 e. The van der Waals surface area contributed by atoms with Crippen molar-refractivity contribution in [1.82, 2.24) is 14.8 Å². The lowest BCUT2D eigenvalue weighted by molar-refractivity contribution is -0.0756. The summed E-state index contributed by atoms with van der Waals surface area (Å²) in [6, 6.07) is 7.18. The molecule has 1 aromatic carbocycles. The van der Waals surface area contributed by atoms with Crippen LogP contribution in [-0.4, -0.2) is 34.9 Å². The Morgan fingerprint density at radius 3 is 2.89 bits per heavy atom. The molecular formula is C12H12BrN3O2. The highest BCUT2D eigenvalue weighted by Crippen LogP contribution is 2.14. The Bertz CT molecular complexity index is 568. The molecule has 1 aromatic heterocycles. The Balaban J connectivity index is 2.33. The molecule has 2 aromatic rings. The number of halogens is 1. The highest BCUT2D eigenvalue weighted by molar-refractivity contribution is 9.10. The zero-order valence-corrected chi connectivity index (χ0v) is 11.6. The number of carbonyl (C=O) groups is 1. The monoisotopic (exact) mass is 309 g/mol. The lowest BCUT2D eigenvalue weighted by Gasteiger charge is -2.14. The second-order valence-corrected chi connectivity index (χ2v) is 4.55. The van der Waals surface area contributed by atoms with E-state index in [1.807, 2.05) is 18.3 Å². The van der Waals surface area contributed by atoms with Crippen LogP contribution in [0.4, 0.5) is 0 Å². The highest BCUT2D eigenvalue weighted by Gasteiger charge is 2.12. The van der Waals surface area contributed by atoms with Crippen molar-refractivity contribution in [3.8, 4) is 5.69 Å². The molecule has 6 heteroatoms. The summed E-state index contributed by atoms with van der Waals surface area (Å²) in [6.45, 7) is 0. The van der Waals surface area contributed by atoms with Crippen molar-refractivity contribution in [2.75, 3.05) is 14.2 Å². The van der Waals surface area contributed by atoms with E-state index in [0.717, 1.165) is 10.2 Å². The molecule has 1 heterocycles. The average Bonchev–Trinajstić information content (AvgIpc) is 2.84. The number of benzene rings is 1. The van der Waals surface area contributed by atoms with E-state index in [0.29, 0.717) is 5.56 Å². The summed E-state index contributed by atoms with van der Waals surface area (Å²) in [6.07, 6.45) is 3.51. The molecule has 0 aliphatic carbocycles. The first-order chi connectivity index (χ1) is 8.61. The number of hydrogen-bond acceptors (Lipinski definition) is 3. The van der Waals surface area contributed by atoms with Gasteiger partial charge in [-0.15, -0.1) is 0 Å². The van der Waals surface area contributed by atoms with Gasteiger partial charge in [0.05, 0.1) is 23.5 Å². The molecule has 0 aliphatic rings. The van der Waals surface area contributed by atoms with E-state index in [2.05, 4.69) is 21.0 Å². The topological polar surface area (TPSA) is 47.4 Å². The number of amides is 1. The lowest BCUT2D eigenvalue weighted by Crippen LogP contribution is -2.25. The second kappa shape index (κ2) is 5.32. The summed E-state index contributed by atoms with van der Waals surface area (Å²) in [4.78, 5) is 16.8. The van der Waals surface area contributed by atoms with E-state index >= 15 is 0 Å². The molecule has 0 N–H and O–H groups in total. The fourth-order valence-corrected chi connectivity index (χ4v) is 1.77. The van der Waals surface area contributed by atoms with Crippen LogP contribution in [0.25, 0.3) is 5.69 Å². The van der Waals surface area contributed by atoms with Gasteiger partial charge in [0.15, 0.2) is 0 Å². The third kappa shape index (κ3) is 2.60. The summed E-state index contributed by atoms with van der Waals surface area (Å²) in [5.74, 6) is -0.203. The molecule has 0 unspecified atom stereocenters. The van der Waals surface area contributed by atoms with Crippen LogP contribution >= 0.6 is 15.9 Å². The van der Waals surface area contributed by atoms with E-state index < -0.39 is 0 Å². The first-order valence-electron chi connectivity index (χ1n) is 5.24. The SMILES string of the molecule is CON(C)C(=O)c1cccc(-n2cc(Br)cn2)c1. The van der Waals surface area contributed by atoms with Crippen LogP contribution in [0.5, 0.6) is 0 Å². The van der Waals surface area contributed by atoms with Gasteiger partial charge in [-0.2, -0.15) is 5.10 Å². The molecule has 2 rings (SSSR count). The molecule has 0 fully saturated rings. The van der Waals surface area contributed by atoms with Crippen LogP contribution in [0, 0.1) is 0 Å². The van der Waals surface area contributed by atoms with Gasteiger partial charge in [-0.1, -0.05) is 6.07 Å². The van der Waals surface area contributed by atoms with Crippen LogP contribution in [0.15, 0.2) is 41.1 Å². The van der Waals surface area contributed by atoms with Crippen molar-refractivity contribution in [2.45, 2.75) is 0 Å². The number of hydroxylamine groups is 2. The van der Waals surface area contributed by atoms with Gasteiger partial charge < -0.3 is 0 Å². The standard InChI is InChI=1S/C12H12BrN3O2/c1-15(18-2)12(17)9-4-3-5-11(6-9)16-8-10(13)7-14-16/h3-8H,1-2H3. The fourth-order valence-electron chi connectivity index (χ4n) is 1.49. The molecule has 5 nitrogen and oxygen atoms in total. The van der Waals surface area contributed by atoms with E-state index in [1.165, 1.54) is 12.2 Å². The van der Waals surface area contributed by atoms with Crippen molar-refractivity contribution < 1.29 is 9.63 Å². The number of hydrogen-bond donors (Lipinski definition) is 0. The summed E-state index contributed by atoms with van der Waals surface area (Å²) in [5.41, 5.74) is 1.36. The van der Waals surface area contributed by atoms with Crippen molar-refractivity contribution >= 4 is 21.8 Å². The van der Waals surface area contributed by atoms with Crippen LogP contribution < -0.4 is 0 Å². The summed E-state index contributed by atoms with van der Waals surface area (Å²) in [7, 11) is 3.02. The maximum absolute atomic E-state index is 11.9. The minimum absolute atomic E-state index is 0.203. The number of carbonyl (C=O) groups excluding carboxylic acids is 1. The lowest BCUT2D eigenvalue weighted by atomic mass is 10.2. The quantitative estimate of drug-likeness (QED) is 0.817. The van der Waals surface area contributed by atoms with Crippen LogP contribution in [0.3, 0.4) is 0 Å². The minimum atomic E-state index is -0.203. The van der Waals surface area contributed by atoms with Gasteiger partial charge >= 0.3 is 0 Å². The van der Waals surface area contributed by atoms with Gasteiger partial charge in [-0.25, -0.2) is 9.75 Å². The fraction of sp³-hybridized carbons (Fsp3) is 0.167. The molecule has 0 saturated heterocycles. The van der Waals surface area contributed by atoms with Gasteiger partial charge in [0.2, 0.25) is 0 Å². The Hall–Kier alpha value is -1.66. The molecule has 0 spiro atoms. The first-order valence-corrected chi connectivity index (χ1v) is 6.04. The summed E-state index contributed by atoms with van der Waals surface area (Å²) < 4.78 is 2.57. The third-order valence-corrected chi connectivity index (χ3v) is 2.88. The number of aromatic nitrogens is 2. The van der Waals surface area contributed by atoms with Gasteiger partial charge in [0.1, 0.15) is 0 Å². The Morgan fingerprint density at radius 1 is 1.50 bits per heavy atom. The van der Waals surface area contributed by atoms with Gasteiger partial charge in [0, 0.05) is 18.8 Å². The molecule has 0 aliphatic heterocycles. The third-order valence-electron chi connectivity index (χ3n) is 2.47. The van der Waals surface area contributed by atoms with Gasteiger partial charge in [-0.3, -0.25) is 9.63 Å². The number of nitrogens with zero attached hydrogens (tertiary/aromatic N) is 3. The zero-order valence-electron chi connectivity index (χ0n) is 10.0. The Morgan fingerprint density at radius 2 is 2.28 bits per heavy atom. The molecular weight excluding hydrogens is 298 g/mol. The molecule has 1 amide bonds. The predicted molar refractivity (Wildman–Crippen MR) is 70.4 cm³/mol. The van der Waals surface area contributed by atoms with Crippen molar-refractivity contribution in [3.63, 3.8) is 0 Å². The largest absolute Gasteiger partial charge is 0.277 e. The summed E-state index contributed by atoms with van der Waals surface area (Å²) in [5, 5.41) is 5.34. The van der Waals surface area contributed by atoms with Crippen LogP contribution in [-0.2, 0) is 4.84 Å². The maximum Gasteiger partial charge on any atom is 0.277 e. The second-order valence-electron chi connectivity index (χ2n) is 3.64. The number of rotatable bonds is 3. The summed E-state index contributed by atoms with van der Waals surface area (Å²) >= 11 is 3.33. The van der Waals surface area contributed by atoms with Crippen molar-refractivity contribution in [2.24, 2.45) is 0 Å². The van der Waals surface area contributed by atoms with Gasteiger partial charge in [-0.05, 0) is 34.1 Å². The molecule has 0 atom stereocenters. The first kappa shape index (κ1) is 12.8. The maximum atomic E-state index is 11.9. The van der Waals surface area contributed by atoms with E-state index in [1.54, 1.807) is 30.1 Å². The minimum Gasteiger partial charge on any atom is -0.274 e. The van der Waals surface area contributed by atoms with Crippen LogP contribution in [0.1, 0.15) is 10.4 Å². The zero-order chi connectivity index (χ0) is 13.1. The van der Waals surface area contributed by atoms with Crippen molar-refractivity contribution in [3.05, 3.63) is 46.7 Å². The van der Waals surface area contributed by atoms with E-state index in [9.17, 15) is 4.79 Å². The molecule has 0 saturated carbocycles. The predicted octanol–water partition coefficient (Wildman–Crippen LogP) is 2.27. The van der Waals surface area contributed by atoms with Crippen LogP contribution in [0.2, 0.25) is 0 Å². The van der Waals surface area contributed by atoms with E-state index in [4.69, 9.17) is 4.84 Å². The van der Waals surface area contributed by atoms with Gasteiger partial charge in [0.25, 0.3) is 5.91 Å². The Kier molecular flexibility index (Phi) is 3.78. The molecule has 0 bridgehead atoms. The normalized spacial score (nSPS) is 10.4. The molecule has 94 valence electrons. The highest BCUT2D eigenvalue weighted by atomic mass is 79.9. The average molecular weight is 310 g/mol. The van der Waals surface area contributed by atoms with Crippen molar-refractivity contribution in [1.29, 1.82) is 0 Å². The molecule has 0 radical (unpaired) electrons. The Labute approximate surface area is 113 Å². The molecule has 18 heavy (non-hydrogen) atoms.